The number of hydrogen-bond donors (Lipinski definition) is 2. The van der Waals surface area contributed by atoms with E-state index in [1.54, 1.807) is 0 Å². The molecule has 1 heterocycles. The SMILES string of the molecule is CCCCO[C@@H]1O[C@H](COC(=O)Nc2ccc(F)cc2F)[C@@H](OC(=O)Nc2ccc(F)cc2)[C@H](OCCC)[C@H]1OCc1ccccc1C. The average molecular weight is 675 g/mol. The molecule has 0 spiro atoms. The first-order chi connectivity index (χ1) is 23.2. The second-order valence-electron chi connectivity index (χ2n) is 11.2. The number of benzene rings is 3. The van der Waals surface area contributed by atoms with Crippen molar-refractivity contribution in [3.05, 3.63) is 95.3 Å². The molecule has 0 radical (unpaired) electrons. The molecule has 3 aromatic rings. The Kier molecular flexibility index (Phi) is 14.0. The number of unbranched alkanes of at least 4 members (excludes halogenated alkanes) is 1. The molecule has 1 aliphatic heterocycles. The van der Waals surface area contributed by atoms with Crippen molar-refractivity contribution in [1.82, 2.24) is 0 Å². The minimum atomic E-state index is -1.21. The zero-order chi connectivity index (χ0) is 34.5. The summed E-state index contributed by atoms with van der Waals surface area (Å²) in [6, 6.07) is 15.4. The van der Waals surface area contributed by atoms with E-state index in [9.17, 15) is 22.8 Å². The fraction of sp³-hybridized carbons (Fsp3) is 0.429. The van der Waals surface area contributed by atoms with Crippen LogP contribution in [-0.4, -0.2) is 62.7 Å². The molecule has 3 aromatic carbocycles. The number of carbonyl (C=O) groups is 2. The van der Waals surface area contributed by atoms with Crippen LogP contribution < -0.4 is 10.6 Å². The summed E-state index contributed by atoms with van der Waals surface area (Å²) in [5.41, 5.74) is 1.89. The van der Waals surface area contributed by atoms with E-state index < -0.39 is 67.0 Å². The second kappa shape index (κ2) is 18.4. The maximum Gasteiger partial charge on any atom is 0.412 e. The number of nitrogens with one attached hydrogen (secondary N) is 2. The summed E-state index contributed by atoms with van der Waals surface area (Å²) in [7, 11) is 0. The molecule has 10 nitrogen and oxygen atoms in total. The van der Waals surface area contributed by atoms with Gasteiger partial charge in [-0.2, -0.15) is 0 Å². The summed E-state index contributed by atoms with van der Waals surface area (Å²) in [5, 5.41) is 4.78. The summed E-state index contributed by atoms with van der Waals surface area (Å²) in [5.74, 6) is -2.29. The van der Waals surface area contributed by atoms with Crippen molar-refractivity contribution in [2.45, 2.75) is 77.3 Å². The molecular weight excluding hydrogens is 633 g/mol. The quantitative estimate of drug-likeness (QED) is 0.159. The summed E-state index contributed by atoms with van der Waals surface area (Å²) in [6.45, 7) is 6.14. The van der Waals surface area contributed by atoms with E-state index in [2.05, 4.69) is 10.6 Å². The maximum absolute atomic E-state index is 14.2. The van der Waals surface area contributed by atoms with Crippen molar-refractivity contribution in [3.8, 4) is 0 Å². The van der Waals surface area contributed by atoms with Crippen LogP contribution in [0.15, 0.2) is 66.7 Å². The van der Waals surface area contributed by atoms with Gasteiger partial charge in [-0.25, -0.2) is 22.8 Å². The van der Waals surface area contributed by atoms with Crippen molar-refractivity contribution in [1.29, 1.82) is 0 Å². The van der Waals surface area contributed by atoms with Gasteiger partial charge in [0.05, 0.1) is 12.3 Å². The van der Waals surface area contributed by atoms with Gasteiger partial charge in [0.25, 0.3) is 0 Å². The van der Waals surface area contributed by atoms with Gasteiger partial charge in [0, 0.05) is 25.0 Å². The number of halogens is 3. The Hall–Kier alpha value is -4.17. The Morgan fingerprint density at radius 1 is 0.792 bits per heavy atom. The van der Waals surface area contributed by atoms with Gasteiger partial charge in [-0.05, 0) is 67.3 Å². The number of hydrogen-bond acceptors (Lipinski definition) is 8. The largest absolute Gasteiger partial charge is 0.446 e. The Morgan fingerprint density at radius 3 is 2.25 bits per heavy atom. The van der Waals surface area contributed by atoms with Gasteiger partial charge in [-0.3, -0.25) is 10.6 Å². The molecule has 1 fully saturated rings. The van der Waals surface area contributed by atoms with E-state index in [4.69, 9.17) is 28.4 Å². The number of anilines is 2. The molecule has 1 saturated heterocycles. The number of aryl methyl sites for hydroxylation is 1. The lowest BCUT2D eigenvalue weighted by Gasteiger charge is -2.45. The molecule has 5 atom stereocenters. The summed E-state index contributed by atoms with van der Waals surface area (Å²) >= 11 is 0. The fourth-order valence-electron chi connectivity index (χ4n) is 4.91. The van der Waals surface area contributed by atoms with Crippen molar-refractivity contribution in [2.24, 2.45) is 0 Å². The standard InChI is InChI=1S/C35H41F3N2O8/c1-4-6-18-44-33-32(45-20-23-10-8-7-9-22(23)3)31(43-17-5-2)30(48-35(42)39-26-14-11-24(36)12-15-26)29(47-33)21-46-34(41)40-28-16-13-25(37)19-27(28)38/h7-16,19,29-33H,4-6,17-18,20-21H2,1-3H3,(H,39,42)(H,40,41)/t29-,30-,31+,32-,33-/m1/s1. The van der Waals surface area contributed by atoms with E-state index in [-0.39, 0.29) is 24.6 Å². The maximum atomic E-state index is 14.2. The molecule has 0 aliphatic carbocycles. The number of carbonyl (C=O) groups excluding carboxylic acids is 2. The van der Waals surface area contributed by atoms with Crippen LogP contribution in [0.2, 0.25) is 0 Å². The number of amides is 2. The van der Waals surface area contributed by atoms with Gasteiger partial charge in [-0.15, -0.1) is 0 Å². The van der Waals surface area contributed by atoms with E-state index in [1.807, 2.05) is 45.0 Å². The van der Waals surface area contributed by atoms with Crippen LogP contribution >= 0.6 is 0 Å². The van der Waals surface area contributed by atoms with Crippen LogP contribution in [0.5, 0.6) is 0 Å². The second-order valence-corrected chi connectivity index (χ2v) is 11.2. The summed E-state index contributed by atoms with van der Waals surface area (Å²) < 4.78 is 77.3. The van der Waals surface area contributed by atoms with Crippen molar-refractivity contribution < 1.29 is 51.2 Å². The number of rotatable bonds is 15. The third-order valence-electron chi connectivity index (χ3n) is 7.46. The minimum Gasteiger partial charge on any atom is -0.446 e. The van der Waals surface area contributed by atoms with Gasteiger partial charge in [0.2, 0.25) is 0 Å². The van der Waals surface area contributed by atoms with Gasteiger partial charge < -0.3 is 28.4 Å². The molecule has 0 unspecified atom stereocenters. The fourth-order valence-corrected chi connectivity index (χ4v) is 4.91. The highest BCUT2D eigenvalue weighted by Gasteiger charge is 2.50. The Bertz CT molecular complexity index is 1480. The lowest BCUT2D eigenvalue weighted by atomic mass is 9.98. The van der Waals surface area contributed by atoms with Gasteiger partial charge >= 0.3 is 12.2 Å². The Labute approximate surface area is 277 Å². The highest BCUT2D eigenvalue weighted by atomic mass is 19.1. The smallest absolute Gasteiger partial charge is 0.412 e. The topological polar surface area (TPSA) is 114 Å². The first-order valence-corrected chi connectivity index (χ1v) is 15.8. The zero-order valence-electron chi connectivity index (χ0n) is 27.1. The molecule has 2 N–H and O–H groups in total. The van der Waals surface area contributed by atoms with Crippen molar-refractivity contribution in [3.63, 3.8) is 0 Å². The lowest BCUT2D eigenvalue weighted by Crippen LogP contribution is -2.62. The first kappa shape index (κ1) is 36.7. The minimum absolute atomic E-state index is 0.168. The van der Waals surface area contributed by atoms with Crippen LogP contribution in [0.4, 0.5) is 34.1 Å². The molecule has 0 aromatic heterocycles. The van der Waals surface area contributed by atoms with Crippen molar-refractivity contribution in [2.75, 3.05) is 30.5 Å². The number of ether oxygens (including phenoxy) is 6. The molecule has 4 rings (SSSR count). The lowest BCUT2D eigenvalue weighted by molar-refractivity contribution is -0.316. The molecule has 260 valence electrons. The third-order valence-corrected chi connectivity index (χ3v) is 7.46. The molecule has 13 heteroatoms. The normalized spacial score (nSPS) is 20.6. The molecule has 1 aliphatic rings. The highest BCUT2D eigenvalue weighted by molar-refractivity contribution is 5.85. The van der Waals surface area contributed by atoms with Crippen LogP contribution in [0.25, 0.3) is 0 Å². The molecule has 48 heavy (non-hydrogen) atoms. The summed E-state index contributed by atoms with van der Waals surface area (Å²) in [6.07, 6.45) is -5.01. The molecular formula is C35H41F3N2O8. The van der Waals surface area contributed by atoms with Crippen molar-refractivity contribution >= 4 is 23.6 Å². The predicted octanol–water partition coefficient (Wildman–Crippen LogP) is 7.50. The van der Waals surface area contributed by atoms with E-state index in [0.717, 1.165) is 36.1 Å². The Balaban J connectivity index is 1.60. The van der Waals surface area contributed by atoms with Gasteiger partial charge in [0.1, 0.15) is 42.4 Å². The highest BCUT2D eigenvalue weighted by Crippen LogP contribution is 2.31. The van der Waals surface area contributed by atoms with E-state index in [0.29, 0.717) is 19.1 Å². The van der Waals surface area contributed by atoms with Crippen LogP contribution in [0.1, 0.15) is 44.2 Å². The monoisotopic (exact) mass is 674 g/mol. The Morgan fingerprint density at radius 2 is 1.54 bits per heavy atom. The predicted molar refractivity (Wildman–Crippen MR) is 171 cm³/mol. The summed E-state index contributed by atoms with van der Waals surface area (Å²) in [4.78, 5) is 25.9. The van der Waals surface area contributed by atoms with E-state index in [1.165, 1.54) is 24.3 Å². The average Bonchev–Trinajstić information content (AvgIpc) is 3.06. The zero-order valence-corrected chi connectivity index (χ0v) is 27.1. The third kappa shape index (κ3) is 10.7. The molecule has 2 amide bonds. The molecule has 0 bridgehead atoms. The van der Waals surface area contributed by atoms with Crippen LogP contribution in [0, 0.1) is 24.4 Å². The molecule has 0 saturated carbocycles. The van der Waals surface area contributed by atoms with E-state index >= 15 is 0 Å². The van der Waals surface area contributed by atoms with Gasteiger partial charge in [-0.1, -0.05) is 44.5 Å². The first-order valence-electron chi connectivity index (χ1n) is 15.8. The van der Waals surface area contributed by atoms with Crippen LogP contribution in [-0.2, 0) is 35.0 Å². The van der Waals surface area contributed by atoms with Gasteiger partial charge in [0.15, 0.2) is 12.4 Å². The van der Waals surface area contributed by atoms with Crippen LogP contribution in [0.3, 0.4) is 0 Å².